The molecule has 0 aliphatic carbocycles. The van der Waals surface area contributed by atoms with Gasteiger partial charge in [-0.1, -0.05) is 0 Å². The number of carbonyl (C=O) groups is 1. The van der Waals surface area contributed by atoms with Gasteiger partial charge in [-0.3, -0.25) is 4.79 Å². The topological polar surface area (TPSA) is 109 Å². The van der Waals surface area contributed by atoms with E-state index in [0.717, 1.165) is 73.5 Å². The lowest BCUT2D eigenvalue weighted by Crippen LogP contribution is -2.38. The number of hydrogen-bond acceptors (Lipinski definition) is 6. The SMILES string of the molecule is Nc1cc(OC(F)(F)F)ccc1C(=O)N1CCC(c2ccnc3nc(C4CCCNC4)[nH]c23)CC1. The summed E-state index contributed by atoms with van der Waals surface area (Å²) in [7, 11) is 0. The van der Waals surface area contributed by atoms with Crippen molar-refractivity contribution < 1.29 is 22.7 Å². The number of aromatic nitrogens is 3. The lowest BCUT2D eigenvalue weighted by atomic mass is 9.89. The zero-order valence-corrected chi connectivity index (χ0v) is 19.1. The summed E-state index contributed by atoms with van der Waals surface area (Å²) in [5.74, 6) is 0.807. The van der Waals surface area contributed by atoms with Crippen LogP contribution in [-0.4, -0.2) is 58.3 Å². The molecular formula is C24H27F3N6O2. The van der Waals surface area contributed by atoms with E-state index in [-0.39, 0.29) is 23.1 Å². The number of carbonyl (C=O) groups excluding carboxylic acids is 1. The highest BCUT2D eigenvalue weighted by molar-refractivity contribution is 5.99. The lowest BCUT2D eigenvalue weighted by Gasteiger charge is -2.32. The molecule has 4 heterocycles. The second-order valence-corrected chi connectivity index (χ2v) is 9.13. The van der Waals surface area contributed by atoms with Crippen molar-refractivity contribution in [3.05, 3.63) is 47.4 Å². The molecule has 11 heteroatoms. The summed E-state index contributed by atoms with van der Waals surface area (Å²) < 4.78 is 41.2. The number of benzene rings is 1. The summed E-state index contributed by atoms with van der Waals surface area (Å²) in [6, 6.07) is 5.43. The molecule has 186 valence electrons. The van der Waals surface area contributed by atoms with Gasteiger partial charge in [-0.15, -0.1) is 13.2 Å². The third-order valence-electron chi connectivity index (χ3n) is 6.84. The van der Waals surface area contributed by atoms with Gasteiger partial charge in [0.15, 0.2) is 5.65 Å². The second kappa shape index (κ2) is 9.37. The highest BCUT2D eigenvalue weighted by atomic mass is 19.4. The number of nitrogens with zero attached hydrogens (tertiary/aromatic N) is 3. The Labute approximate surface area is 200 Å². The first kappa shape index (κ1) is 23.4. The summed E-state index contributed by atoms with van der Waals surface area (Å²) in [5.41, 5.74) is 8.83. The van der Waals surface area contributed by atoms with Crippen LogP contribution in [0.4, 0.5) is 18.9 Å². The van der Waals surface area contributed by atoms with Crippen LogP contribution in [0.2, 0.25) is 0 Å². The molecule has 0 bridgehead atoms. The van der Waals surface area contributed by atoms with Crippen LogP contribution >= 0.6 is 0 Å². The molecule has 2 aliphatic rings. The van der Waals surface area contributed by atoms with Gasteiger partial charge in [0.25, 0.3) is 5.91 Å². The van der Waals surface area contributed by atoms with Crippen molar-refractivity contribution in [2.45, 2.75) is 43.9 Å². The Morgan fingerprint density at radius 3 is 2.63 bits per heavy atom. The number of pyridine rings is 1. The number of alkyl halides is 3. The molecule has 2 aromatic heterocycles. The molecule has 1 amide bonds. The zero-order valence-electron chi connectivity index (χ0n) is 19.1. The second-order valence-electron chi connectivity index (χ2n) is 9.13. The number of halogens is 3. The maximum Gasteiger partial charge on any atom is 0.573 e. The Morgan fingerprint density at radius 1 is 1.14 bits per heavy atom. The number of nitrogen functional groups attached to an aromatic ring is 1. The lowest BCUT2D eigenvalue weighted by molar-refractivity contribution is -0.274. The summed E-state index contributed by atoms with van der Waals surface area (Å²) in [5, 5.41) is 3.42. The van der Waals surface area contributed by atoms with Crippen molar-refractivity contribution in [2.24, 2.45) is 0 Å². The summed E-state index contributed by atoms with van der Waals surface area (Å²) in [6.45, 7) is 2.97. The Bertz CT molecular complexity index is 1210. The first-order valence-corrected chi connectivity index (χ1v) is 11.8. The summed E-state index contributed by atoms with van der Waals surface area (Å²) >= 11 is 0. The standard InChI is InChI=1S/C24H27F3N6O2/c25-24(26,27)35-16-3-4-18(19(28)12-16)23(34)33-10-6-14(7-11-33)17-5-9-30-22-20(17)31-21(32-22)15-2-1-8-29-13-15/h3-5,9,12,14-15,29H,1-2,6-8,10-11,13,28H2,(H,30,31,32). The number of anilines is 1. The van der Waals surface area contributed by atoms with Crippen molar-refractivity contribution in [3.63, 3.8) is 0 Å². The van der Waals surface area contributed by atoms with Crippen molar-refractivity contribution in [1.82, 2.24) is 25.2 Å². The molecule has 1 atom stereocenters. The highest BCUT2D eigenvalue weighted by Crippen LogP contribution is 2.34. The number of aromatic amines is 1. The molecule has 4 N–H and O–H groups in total. The van der Waals surface area contributed by atoms with Gasteiger partial charge in [-0.2, -0.15) is 0 Å². The van der Waals surface area contributed by atoms with Crippen LogP contribution in [0.1, 0.15) is 59.3 Å². The molecule has 1 unspecified atom stereocenters. The number of nitrogens with one attached hydrogen (secondary N) is 2. The Balaban J connectivity index is 1.27. The molecule has 2 saturated heterocycles. The monoisotopic (exact) mass is 488 g/mol. The Morgan fingerprint density at radius 2 is 1.94 bits per heavy atom. The number of ether oxygens (including phenoxy) is 1. The smallest absolute Gasteiger partial charge is 0.406 e. The minimum atomic E-state index is -4.82. The predicted molar refractivity (Wildman–Crippen MR) is 124 cm³/mol. The van der Waals surface area contributed by atoms with E-state index in [1.54, 1.807) is 11.1 Å². The fraction of sp³-hybridized carbons (Fsp3) is 0.458. The molecule has 0 radical (unpaired) electrons. The third kappa shape index (κ3) is 5.04. The van der Waals surface area contributed by atoms with Gasteiger partial charge in [0.1, 0.15) is 11.6 Å². The average molecular weight is 489 g/mol. The van der Waals surface area contributed by atoms with Crippen LogP contribution in [0.25, 0.3) is 11.2 Å². The molecule has 35 heavy (non-hydrogen) atoms. The molecule has 3 aromatic rings. The van der Waals surface area contributed by atoms with E-state index in [2.05, 4.69) is 20.0 Å². The van der Waals surface area contributed by atoms with E-state index in [1.165, 1.54) is 6.07 Å². The van der Waals surface area contributed by atoms with Crippen LogP contribution in [0.15, 0.2) is 30.5 Å². The van der Waals surface area contributed by atoms with Crippen molar-refractivity contribution in [1.29, 1.82) is 0 Å². The van der Waals surface area contributed by atoms with Crippen molar-refractivity contribution in [3.8, 4) is 5.75 Å². The maximum atomic E-state index is 13.0. The van der Waals surface area contributed by atoms with Crippen LogP contribution < -0.4 is 15.8 Å². The Kier molecular flexibility index (Phi) is 6.26. The number of likely N-dealkylation sites (tertiary alicyclic amines) is 1. The van der Waals surface area contributed by atoms with Gasteiger partial charge < -0.3 is 25.7 Å². The molecule has 2 fully saturated rings. The highest BCUT2D eigenvalue weighted by Gasteiger charge is 2.32. The first-order chi connectivity index (χ1) is 16.8. The van der Waals surface area contributed by atoms with E-state index in [0.29, 0.717) is 19.0 Å². The molecule has 1 aromatic carbocycles. The van der Waals surface area contributed by atoms with Crippen molar-refractivity contribution >= 4 is 22.8 Å². The van der Waals surface area contributed by atoms with Gasteiger partial charge in [0, 0.05) is 43.5 Å². The normalized spacial score (nSPS) is 19.7. The minimum absolute atomic E-state index is 0.0445. The number of amides is 1. The third-order valence-corrected chi connectivity index (χ3v) is 6.84. The summed E-state index contributed by atoms with van der Waals surface area (Å²) in [4.78, 5) is 27.4. The van der Waals surface area contributed by atoms with Gasteiger partial charge in [-0.25, -0.2) is 9.97 Å². The molecule has 0 saturated carbocycles. The van der Waals surface area contributed by atoms with E-state index in [9.17, 15) is 18.0 Å². The number of imidazole rings is 1. The zero-order chi connectivity index (χ0) is 24.6. The first-order valence-electron chi connectivity index (χ1n) is 11.8. The molecule has 5 rings (SSSR count). The number of hydrogen-bond donors (Lipinski definition) is 3. The van der Waals surface area contributed by atoms with E-state index < -0.39 is 12.1 Å². The van der Waals surface area contributed by atoms with Gasteiger partial charge >= 0.3 is 6.36 Å². The van der Waals surface area contributed by atoms with E-state index in [4.69, 9.17) is 10.7 Å². The number of fused-ring (bicyclic) bond motifs is 1. The van der Waals surface area contributed by atoms with E-state index in [1.807, 2.05) is 6.07 Å². The van der Waals surface area contributed by atoms with Crippen molar-refractivity contribution in [2.75, 3.05) is 31.9 Å². The minimum Gasteiger partial charge on any atom is -0.406 e. The van der Waals surface area contributed by atoms with Gasteiger partial charge in [0.05, 0.1) is 11.1 Å². The Hall–Kier alpha value is -3.34. The predicted octanol–water partition coefficient (Wildman–Crippen LogP) is 3.93. The number of rotatable bonds is 4. The molecular weight excluding hydrogens is 461 g/mol. The van der Waals surface area contributed by atoms with Gasteiger partial charge in [-0.05, 0) is 61.9 Å². The van der Waals surface area contributed by atoms with E-state index >= 15 is 0 Å². The number of nitrogens with two attached hydrogens (primary N) is 1. The van der Waals surface area contributed by atoms with Crippen LogP contribution in [0.3, 0.4) is 0 Å². The fourth-order valence-electron chi connectivity index (χ4n) is 5.06. The fourth-order valence-corrected chi connectivity index (χ4v) is 5.06. The average Bonchev–Trinajstić information content (AvgIpc) is 3.28. The molecule has 0 spiro atoms. The molecule has 2 aliphatic heterocycles. The number of H-pyrrole nitrogens is 1. The van der Waals surface area contributed by atoms with Gasteiger partial charge in [0.2, 0.25) is 0 Å². The van der Waals surface area contributed by atoms with Crippen LogP contribution in [-0.2, 0) is 0 Å². The van der Waals surface area contributed by atoms with Crippen LogP contribution in [0.5, 0.6) is 5.75 Å². The summed E-state index contributed by atoms with van der Waals surface area (Å²) in [6.07, 6.45) is 0.677. The maximum absolute atomic E-state index is 13.0. The quantitative estimate of drug-likeness (QED) is 0.481. The number of piperidine rings is 2. The largest absolute Gasteiger partial charge is 0.573 e. The van der Waals surface area contributed by atoms with Crippen LogP contribution in [0, 0.1) is 0 Å². The molecule has 8 nitrogen and oxygen atoms in total.